The van der Waals surface area contributed by atoms with E-state index in [-0.39, 0.29) is 5.91 Å². The van der Waals surface area contributed by atoms with Crippen LogP contribution in [0.15, 0.2) is 53.9 Å². The highest BCUT2D eigenvalue weighted by Crippen LogP contribution is 2.28. The Morgan fingerprint density at radius 1 is 1.10 bits per heavy atom. The number of rotatable bonds is 9. The topological polar surface area (TPSA) is 73.1 Å². The number of aromatic nitrogens is 4. The molecule has 152 valence electrons. The number of amides is 1. The second-order valence-corrected chi connectivity index (χ2v) is 7.11. The van der Waals surface area contributed by atoms with Crippen molar-refractivity contribution in [2.75, 3.05) is 25.4 Å². The van der Waals surface area contributed by atoms with Gasteiger partial charge in [0.1, 0.15) is 5.75 Å². The first kappa shape index (κ1) is 20.9. The van der Waals surface area contributed by atoms with Crippen molar-refractivity contribution in [1.82, 2.24) is 24.6 Å². The van der Waals surface area contributed by atoms with Gasteiger partial charge in [0.15, 0.2) is 11.0 Å². The van der Waals surface area contributed by atoms with Crippen LogP contribution in [0.25, 0.3) is 17.1 Å². The van der Waals surface area contributed by atoms with Crippen LogP contribution in [0.1, 0.15) is 20.8 Å². The van der Waals surface area contributed by atoms with Crippen LogP contribution in [0, 0.1) is 0 Å². The number of carbonyl (C=O) groups excluding carboxylic acids is 1. The molecule has 0 saturated carbocycles. The maximum Gasteiger partial charge on any atom is 0.233 e. The summed E-state index contributed by atoms with van der Waals surface area (Å²) in [4.78, 5) is 18.4. The summed E-state index contributed by atoms with van der Waals surface area (Å²) < 4.78 is 7.50. The van der Waals surface area contributed by atoms with Crippen LogP contribution in [-0.4, -0.2) is 56.0 Å². The number of benzene rings is 1. The van der Waals surface area contributed by atoms with Crippen molar-refractivity contribution in [2.45, 2.75) is 25.9 Å². The average Bonchev–Trinajstić information content (AvgIpc) is 3.18. The summed E-state index contributed by atoms with van der Waals surface area (Å²) >= 11 is 1.39. The van der Waals surface area contributed by atoms with Crippen LogP contribution >= 0.6 is 11.8 Å². The maximum absolute atomic E-state index is 12.4. The largest absolute Gasteiger partial charge is 0.494 e. The summed E-state index contributed by atoms with van der Waals surface area (Å²) in [7, 11) is 0. The van der Waals surface area contributed by atoms with Gasteiger partial charge in [0.2, 0.25) is 5.91 Å². The molecule has 0 radical (unpaired) electrons. The minimum absolute atomic E-state index is 0.0872. The monoisotopic (exact) mass is 411 g/mol. The molecule has 1 aromatic carbocycles. The fourth-order valence-corrected chi connectivity index (χ4v) is 3.78. The lowest BCUT2D eigenvalue weighted by Gasteiger charge is -2.18. The Labute approximate surface area is 175 Å². The summed E-state index contributed by atoms with van der Waals surface area (Å²) in [6.07, 6.45) is 3.48. The molecule has 2 heterocycles. The van der Waals surface area contributed by atoms with Gasteiger partial charge in [-0.3, -0.25) is 14.3 Å². The predicted molar refractivity (Wildman–Crippen MR) is 114 cm³/mol. The lowest BCUT2D eigenvalue weighted by molar-refractivity contribution is -0.127. The van der Waals surface area contributed by atoms with E-state index in [2.05, 4.69) is 15.2 Å². The molecule has 8 heteroatoms. The quantitative estimate of drug-likeness (QED) is 0.500. The van der Waals surface area contributed by atoms with E-state index in [0.717, 1.165) is 17.0 Å². The van der Waals surface area contributed by atoms with Gasteiger partial charge in [-0.2, -0.15) is 0 Å². The van der Waals surface area contributed by atoms with Gasteiger partial charge in [-0.05, 0) is 57.2 Å². The lowest BCUT2D eigenvalue weighted by atomic mass is 10.2. The third kappa shape index (κ3) is 4.95. The normalized spacial score (nSPS) is 10.7. The van der Waals surface area contributed by atoms with Gasteiger partial charge in [-0.25, -0.2) is 0 Å². The number of hydrogen-bond donors (Lipinski definition) is 0. The van der Waals surface area contributed by atoms with Gasteiger partial charge in [-0.15, -0.1) is 10.2 Å². The molecule has 0 aliphatic rings. The molecule has 29 heavy (non-hydrogen) atoms. The highest BCUT2D eigenvalue weighted by Gasteiger charge is 2.18. The Balaban J connectivity index is 1.94. The van der Waals surface area contributed by atoms with Crippen LogP contribution < -0.4 is 4.74 Å². The number of thioether (sulfide) groups is 1. The van der Waals surface area contributed by atoms with E-state index < -0.39 is 0 Å². The second kappa shape index (κ2) is 10.1. The zero-order valence-corrected chi connectivity index (χ0v) is 17.7. The van der Waals surface area contributed by atoms with E-state index in [1.54, 1.807) is 12.4 Å². The van der Waals surface area contributed by atoms with Crippen molar-refractivity contribution in [3.63, 3.8) is 0 Å². The zero-order valence-electron chi connectivity index (χ0n) is 16.9. The van der Waals surface area contributed by atoms with Crippen molar-refractivity contribution in [3.8, 4) is 22.8 Å². The molecule has 0 fully saturated rings. The Morgan fingerprint density at radius 3 is 2.48 bits per heavy atom. The van der Waals surface area contributed by atoms with Crippen molar-refractivity contribution in [2.24, 2.45) is 0 Å². The van der Waals surface area contributed by atoms with E-state index in [9.17, 15) is 4.79 Å². The van der Waals surface area contributed by atoms with Crippen LogP contribution in [0.4, 0.5) is 0 Å². The molecule has 3 aromatic rings. The molecule has 3 rings (SSSR count). The molecule has 0 atom stereocenters. The molecule has 0 aliphatic heterocycles. The molecule has 0 bridgehead atoms. The van der Waals surface area contributed by atoms with E-state index in [1.165, 1.54) is 11.8 Å². The average molecular weight is 412 g/mol. The molecule has 2 aromatic heterocycles. The summed E-state index contributed by atoms with van der Waals surface area (Å²) in [5.74, 6) is 1.88. The van der Waals surface area contributed by atoms with Gasteiger partial charge in [-0.1, -0.05) is 11.8 Å². The van der Waals surface area contributed by atoms with Crippen molar-refractivity contribution in [1.29, 1.82) is 0 Å². The molecule has 0 unspecified atom stereocenters. The van der Waals surface area contributed by atoms with Crippen LogP contribution in [0.3, 0.4) is 0 Å². The second-order valence-electron chi connectivity index (χ2n) is 6.16. The molecule has 0 aliphatic carbocycles. The van der Waals surface area contributed by atoms with E-state index in [1.807, 2.05) is 66.6 Å². The number of ether oxygens (including phenoxy) is 1. The van der Waals surface area contributed by atoms with Gasteiger partial charge < -0.3 is 9.64 Å². The Kier molecular flexibility index (Phi) is 7.24. The molecular formula is C21H25N5O2S. The number of hydrogen-bond acceptors (Lipinski definition) is 6. The highest BCUT2D eigenvalue weighted by atomic mass is 32.2. The Hall–Kier alpha value is -2.87. The SMILES string of the molecule is CCOc1ccc(-n2c(SCC(=O)N(CC)CC)nnc2-c2cccnc2)cc1. The summed E-state index contributed by atoms with van der Waals surface area (Å²) in [6.45, 7) is 7.92. The minimum Gasteiger partial charge on any atom is -0.494 e. The van der Waals surface area contributed by atoms with Crippen LogP contribution in [0.5, 0.6) is 5.75 Å². The van der Waals surface area contributed by atoms with Gasteiger partial charge >= 0.3 is 0 Å². The molecule has 0 spiro atoms. The van der Waals surface area contributed by atoms with Gasteiger partial charge in [0.05, 0.1) is 12.4 Å². The third-order valence-corrected chi connectivity index (χ3v) is 5.31. The number of pyridine rings is 1. The first-order valence-electron chi connectivity index (χ1n) is 9.67. The van der Waals surface area contributed by atoms with Crippen LogP contribution in [0.2, 0.25) is 0 Å². The highest BCUT2D eigenvalue weighted by molar-refractivity contribution is 7.99. The Morgan fingerprint density at radius 2 is 1.86 bits per heavy atom. The molecular weight excluding hydrogens is 386 g/mol. The van der Waals surface area contributed by atoms with Gasteiger partial charge in [0, 0.05) is 36.7 Å². The third-order valence-electron chi connectivity index (χ3n) is 4.40. The summed E-state index contributed by atoms with van der Waals surface area (Å²) in [5, 5.41) is 9.40. The molecule has 0 saturated heterocycles. The summed E-state index contributed by atoms with van der Waals surface area (Å²) in [6, 6.07) is 11.6. The van der Waals surface area contributed by atoms with E-state index >= 15 is 0 Å². The van der Waals surface area contributed by atoms with Crippen LogP contribution in [-0.2, 0) is 4.79 Å². The van der Waals surface area contributed by atoms with E-state index in [0.29, 0.717) is 36.4 Å². The standard InChI is InChI=1S/C21H25N5O2S/c1-4-25(5-2)19(27)15-29-21-24-23-20(16-8-7-13-22-14-16)26(21)17-9-11-18(12-10-17)28-6-3/h7-14H,4-6,15H2,1-3H3. The van der Waals surface area contributed by atoms with E-state index in [4.69, 9.17) is 4.74 Å². The maximum atomic E-state index is 12.4. The predicted octanol–water partition coefficient (Wildman–Crippen LogP) is 3.69. The Bertz CT molecular complexity index is 924. The summed E-state index contributed by atoms with van der Waals surface area (Å²) in [5.41, 5.74) is 1.76. The molecule has 0 N–H and O–H groups in total. The first-order valence-corrected chi connectivity index (χ1v) is 10.7. The minimum atomic E-state index is 0.0872. The fourth-order valence-electron chi connectivity index (χ4n) is 2.93. The lowest BCUT2D eigenvalue weighted by Crippen LogP contribution is -2.31. The van der Waals surface area contributed by atoms with Crippen molar-refractivity contribution in [3.05, 3.63) is 48.8 Å². The zero-order chi connectivity index (χ0) is 20.6. The molecule has 7 nitrogen and oxygen atoms in total. The van der Waals surface area contributed by atoms with Crippen molar-refractivity contribution >= 4 is 17.7 Å². The smallest absolute Gasteiger partial charge is 0.233 e. The van der Waals surface area contributed by atoms with Gasteiger partial charge in [0.25, 0.3) is 0 Å². The first-order chi connectivity index (χ1) is 14.2. The number of nitrogens with zero attached hydrogens (tertiary/aromatic N) is 5. The fraction of sp³-hybridized carbons (Fsp3) is 0.333. The molecule has 1 amide bonds. The number of carbonyl (C=O) groups is 1. The van der Waals surface area contributed by atoms with Crippen molar-refractivity contribution < 1.29 is 9.53 Å².